The highest BCUT2D eigenvalue weighted by Crippen LogP contribution is 2.28. The van der Waals surface area contributed by atoms with Crippen molar-refractivity contribution < 1.29 is 0 Å². The van der Waals surface area contributed by atoms with Crippen LogP contribution in [-0.4, -0.2) is 25.6 Å². The Morgan fingerprint density at radius 2 is 1.83 bits per heavy atom. The molecule has 1 aliphatic rings. The van der Waals surface area contributed by atoms with Gasteiger partial charge in [-0.3, -0.25) is 14.0 Å². The van der Waals surface area contributed by atoms with Crippen LogP contribution in [0, 0.1) is 16.7 Å². The van der Waals surface area contributed by atoms with Gasteiger partial charge in [-0.1, -0.05) is 51.1 Å². The average Bonchev–Trinajstić information content (AvgIpc) is 3.07. The number of hydrogen-bond acceptors (Lipinski definition) is 4. The van der Waals surface area contributed by atoms with Gasteiger partial charge in [0, 0.05) is 38.8 Å². The van der Waals surface area contributed by atoms with Gasteiger partial charge in [0.1, 0.15) is 0 Å². The first-order chi connectivity index (χ1) is 16.7. The molecule has 178 valence electrons. The van der Waals surface area contributed by atoms with E-state index in [1.54, 1.807) is 16.2 Å². The Balaban J connectivity index is 1.49. The van der Waals surface area contributed by atoms with Gasteiger partial charge in [0.15, 0.2) is 5.65 Å². The molecule has 0 atom stereocenters. The first kappa shape index (κ1) is 23.1. The Bertz CT molecular complexity index is 1510. The Hall–Kier alpha value is -3.69. The van der Waals surface area contributed by atoms with Crippen molar-refractivity contribution in [1.29, 1.82) is 5.26 Å². The summed E-state index contributed by atoms with van der Waals surface area (Å²) >= 11 is 0. The smallest absolute Gasteiger partial charge is 0.294 e. The maximum absolute atomic E-state index is 12.9. The summed E-state index contributed by atoms with van der Waals surface area (Å²) in [5.74, 6) is 0. The molecular formula is C29H31N5O. The van der Waals surface area contributed by atoms with Gasteiger partial charge in [0.2, 0.25) is 0 Å². The van der Waals surface area contributed by atoms with E-state index in [1.807, 2.05) is 24.3 Å². The van der Waals surface area contributed by atoms with E-state index >= 15 is 0 Å². The second-order valence-corrected chi connectivity index (χ2v) is 10.7. The number of fused-ring (bicyclic) bond motifs is 2. The number of rotatable bonds is 4. The van der Waals surface area contributed by atoms with Crippen molar-refractivity contribution in [3.8, 4) is 17.3 Å². The second-order valence-electron chi connectivity index (χ2n) is 10.7. The van der Waals surface area contributed by atoms with E-state index in [4.69, 9.17) is 4.98 Å². The van der Waals surface area contributed by atoms with Gasteiger partial charge < -0.3 is 0 Å². The zero-order valence-electron chi connectivity index (χ0n) is 20.9. The molecule has 0 bridgehead atoms. The maximum Gasteiger partial charge on any atom is 0.330 e. The Labute approximate surface area is 206 Å². The molecule has 6 nitrogen and oxygen atoms in total. The fourth-order valence-corrected chi connectivity index (χ4v) is 5.00. The van der Waals surface area contributed by atoms with E-state index in [-0.39, 0.29) is 11.1 Å². The number of aromatic nitrogens is 3. The predicted molar refractivity (Wildman–Crippen MR) is 139 cm³/mol. The highest BCUT2D eigenvalue weighted by atomic mass is 16.1. The van der Waals surface area contributed by atoms with Crippen LogP contribution in [0.4, 0.5) is 0 Å². The van der Waals surface area contributed by atoms with E-state index in [9.17, 15) is 10.1 Å². The third kappa shape index (κ3) is 4.52. The molecule has 2 aromatic carbocycles. The molecule has 2 aromatic heterocycles. The summed E-state index contributed by atoms with van der Waals surface area (Å²) in [5.41, 5.74) is 7.43. The molecule has 0 saturated heterocycles. The van der Waals surface area contributed by atoms with Crippen LogP contribution in [0.25, 0.3) is 22.4 Å². The van der Waals surface area contributed by atoms with E-state index in [0.29, 0.717) is 23.4 Å². The summed E-state index contributed by atoms with van der Waals surface area (Å²) in [4.78, 5) is 20.2. The van der Waals surface area contributed by atoms with Crippen molar-refractivity contribution in [2.24, 2.45) is 12.5 Å². The van der Waals surface area contributed by atoms with Crippen molar-refractivity contribution >= 4 is 11.2 Å². The molecule has 0 N–H and O–H groups in total. The molecule has 0 aliphatic carbocycles. The number of benzene rings is 2. The first-order valence-electron chi connectivity index (χ1n) is 12.1. The Morgan fingerprint density at radius 1 is 1.06 bits per heavy atom. The molecule has 5 rings (SSSR count). The lowest BCUT2D eigenvalue weighted by Crippen LogP contribution is -2.29. The number of pyridine rings is 1. The lowest BCUT2D eigenvalue weighted by Gasteiger charge is -2.28. The van der Waals surface area contributed by atoms with Crippen LogP contribution in [0.1, 0.15) is 43.0 Å². The molecule has 1 aliphatic heterocycles. The molecular weight excluding hydrogens is 434 g/mol. The van der Waals surface area contributed by atoms with Crippen molar-refractivity contribution in [2.75, 3.05) is 6.54 Å². The number of imidazole rings is 1. The largest absolute Gasteiger partial charge is 0.330 e. The van der Waals surface area contributed by atoms with E-state index < -0.39 is 0 Å². The molecule has 0 radical (unpaired) electrons. The van der Waals surface area contributed by atoms with Crippen molar-refractivity contribution in [1.82, 2.24) is 19.0 Å². The van der Waals surface area contributed by atoms with Gasteiger partial charge in [0.25, 0.3) is 0 Å². The summed E-state index contributed by atoms with van der Waals surface area (Å²) in [6, 6.07) is 20.9. The fourth-order valence-electron chi connectivity index (χ4n) is 5.00. The first-order valence-corrected chi connectivity index (χ1v) is 12.1. The molecule has 3 heterocycles. The number of aryl methyl sites for hydroxylation is 1. The molecule has 0 unspecified atom stereocenters. The summed E-state index contributed by atoms with van der Waals surface area (Å²) in [6.45, 7) is 9.72. The van der Waals surface area contributed by atoms with Crippen LogP contribution in [0.2, 0.25) is 0 Å². The predicted octanol–water partition coefficient (Wildman–Crippen LogP) is 4.88. The normalized spacial score (nSPS) is 14.1. The second kappa shape index (κ2) is 8.83. The lowest BCUT2D eigenvalue weighted by atomic mass is 9.97. The minimum absolute atomic E-state index is 0.0337. The number of nitriles is 1. The molecule has 0 spiro atoms. The van der Waals surface area contributed by atoms with Gasteiger partial charge in [-0.05, 0) is 52.8 Å². The van der Waals surface area contributed by atoms with E-state index in [1.165, 1.54) is 11.1 Å². The van der Waals surface area contributed by atoms with Crippen molar-refractivity contribution in [3.63, 3.8) is 0 Å². The molecule has 0 fully saturated rings. The van der Waals surface area contributed by atoms with Gasteiger partial charge in [-0.25, -0.2) is 9.78 Å². The van der Waals surface area contributed by atoms with Crippen molar-refractivity contribution in [3.05, 3.63) is 87.3 Å². The third-order valence-corrected chi connectivity index (χ3v) is 6.71. The van der Waals surface area contributed by atoms with Gasteiger partial charge in [-0.15, -0.1) is 0 Å². The fraction of sp³-hybridized carbons (Fsp3) is 0.345. The maximum atomic E-state index is 12.9. The minimum atomic E-state index is -0.0702. The number of nitrogens with zero attached hydrogens (tertiary/aromatic N) is 5. The average molecular weight is 466 g/mol. The van der Waals surface area contributed by atoms with E-state index in [2.05, 4.69) is 62.1 Å². The zero-order chi connectivity index (χ0) is 24.7. The van der Waals surface area contributed by atoms with Crippen LogP contribution >= 0.6 is 0 Å². The highest BCUT2D eigenvalue weighted by molar-refractivity contribution is 5.78. The van der Waals surface area contributed by atoms with Crippen LogP contribution in [0.15, 0.2) is 59.4 Å². The van der Waals surface area contributed by atoms with Crippen LogP contribution < -0.4 is 5.69 Å². The van der Waals surface area contributed by atoms with Crippen molar-refractivity contribution in [2.45, 2.75) is 46.8 Å². The van der Waals surface area contributed by atoms with Crippen LogP contribution in [0.5, 0.6) is 0 Å². The minimum Gasteiger partial charge on any atom is -0.294 e. The topological polar surface area (TPSA) is 66.8 Å². The van der Waals surface area contributed by atoms with Gasteiger partial charge >= 0.3 is 5.69 Å². The summed E-state index contributed by atoms with van der Waals surface area (Å²) < 4.78 is 3.40. The van der Waals surface area contributed by atoms with Gasteiger partial charge in [-0.2, -0.15) is 5.26 Å². The standard InChI is InChI=1S/C29H31N5O/c1-29(2,3)19-34-26-12-11-25(31-27(26)32(4)28(34)35)24-15-20(9-10-22(24)16-30)17-33-14-13-21-7-5-6-8-23(21)18-33/h5-12,15H,13-14,17-19H2,1-4H3. The van der Waals surface area contributed by atoms with Crippen LogP contribution in [-0.2, 0) is 33.1 Å². The monoisotopic (exact) mass is 465 g/mol. The molecule has 35 heavy (non-hydrogen) atoms. The summed E-state index contributed by atoms with van der Waals surface area (Å²) in [5, 5.41) is 9.80. The molecule has 0 amide bonds. The summed E-state index contributed by atoms with van der Waals surface area (Å²) in [7, 11) is 1.76. The lowest BCUT2D eigenvalue weighted by molar-refractivity contribution is 0.245. The van der Waals surface area contributed by atoms with E-state index in [0.717, 1.165) is 42.7 Å². The number of hydrogen-bond donors (Lipinski definition) is 0. The van der Waals surface area contributed by atoms with Gasteiger partial charge in [0.05, 0.1) is 22.8 Å². The molecule has 6 heteroatoms. The SMILES string of the molecule is Cn1c(=O)n(CC(C)(C)C)c2ccc(-c3cc(CN4CCc5ccccc5C4)ccc3C#N)nc21. The third-order valence-electron chi connectivity index (χ3n) is 6.71. The zero-order valence-corrected chi connectivity index (χ0v) is 20.9. The Morgan fingerprint density at radius 3 is 2.57 bits per heavy atom. The Kier molecular flexibility index (Phi) is 5.82. The quantitative estimate of drug-likeness (QED) is 0.431. The molecule has 0 saturated carbocycles. The van der Waals surface area contributed by atoms with Crippen LogP contribution in [0.3, 0.4) is 0 Å². The highest BCUT2D eigenvalue weighted by Gasteiger charge is 2.20. The molecule has 4 aromatic rings. The summed E-state index contributed by atoms with van der Waals surface area (Å²) in [6.07, 6.45) is 1.05.